The summed E-state index contributed by atoms with van der Waals surface area (Å²) in [5.41, 5.74) is 2.51. The van der Waals surface area contributed by atoms with Gasteiger partial charge in [-0.3, -0.25) is 0 Å². The topological polar surface area (TPSA) is 0 Å². The van der Waals surface area contributed by atoms with Crippen LogP contribution in [0.2, 0.25) is 0 Å². The van der Waals surface area contributed by atoms with Crippen molar-refractivity contribution in [1.82, 2.24) is 0 Å². The molecule has 0 fully saturated rings. The van der Waals surface area contributed by atoms with Crippen molar-refractivity contribution in [3.8, 4) is 11.1 Å². The van der Waals surface area contributed by atoms with Gasteiger partial charge in [-0.1, -0.05) is 40.2 Å². The smallest absolute Gasteiger partial charge is 0.0181 e. The highest BCUT2D eigenvalue weighted by atomic mass is 79.9. The molecule has 2 heteroatoms. The van der Waals surface area contributed by atoms with Gasteiger partial charge >= 0.3 is 0 Å². The summed E-state index contributed by atoms with van der Waals surface area (Å²) in [6.45, 7) is 0. The van der Waals surface area contributed by atoms with Crippen LogP contribution in [0.1, 0.15) is 0 Å². The van der Waals surface area contributed by atoms with Gasteiger partial charge < -0.3 is 0 Å². The Balaban J connectivity index is 2.37. The minimum atomic E-state index is 1.12. The first-order chi connectivity index (χ1) is 7.29. The zero-order valence-corrected chi connectivity index (χ0v) is 10.8. The highest BCUT2D eigenvalue weighted by Gasteiger charge is 1.97. The molecule has 0 nitrogen and oxygen atoms in total. The Hall–Kier alpha value is -0.730. The van der Waals surface area contributed by atoms with E-state index < -0.39 is 0 Å². The van der Waals surface area contributed by atoms with Crippen LogP contribution in [0.15, 0.2) is 57.9 Å². The molecule has 76 valence electrons. The van der Waals surface area contributed by atoms with E-state index in [1.165, 1.54) is 16.0 Å². The van der Waals surface area contributed by atoms with Crippen LogP contribution >= 0.6 is 27.7 Å². The van der Waals surface area contributed by atoms with E-state index in [2.05, 4.69) is 64.7 Å². The van der Waals surface area contributed by atoms with Crippen molar-refractivity contribution < 1.29 is 0 Å². The molecule has 0 unspecified atom stereocenters. The zero-order valence-electron chi connectivity index (χ0n) is 8.41. The van der Waals surface area contributed by atoms with Gasteiger partial charge in [0.25, 0.3) is 0 Å². The highest BCUT2D eigenvalue weighted by molar-refractivity contribution is 9.10. The first-order valence-electron chi connectivity index (χ1n) is 4.69. The number of thioether (sulfide) groups is 1. The van der Waals surface area contributed by atoms with E-state index in [-0.39, 0.29) is 0 Å². The largest absolute Gasteiger partial charge is 0.130 e. The average Bonchev–Trinajstić information content (AvgIpc) is 2.29. The maximum Gasteiger partial charge on any atom is 0.0181 e. The molecular formula is C13H11BrS. The second kappa shape index (κ2) is 4.86. The fourth-order valence-corrected chi connectivity index (χ4v) is 2.26. The summed E-state index contributed by atoms with van der Waals surface area (Å²) in [5, 5.41) is 0. The second-order valence-corrected chi connectivity index (χ2v) is 5.03. The first kappa shape index (κ1) is 10.8. The van der Waals surface area contributed by atoms with Crippen molar-refractivity contribution in [2.45, 2.75) is 4.90 Å². The molecule has 0 saturated carbocycles. The molecule has 15 heavy (non-hydrogen) atoms. The Kier molecular flexibility index (Phi) is 3.49. The molecule has 0 aliphatic rings. The minimum absolute atomic E-state index is 1.12. The van der Waals surface area contributed by atoms with E-state index in [4.69, 9.17) is 0 Å². The Bertz CT molecular complexity index is 448. The molecular weight excluding hydrogens is 268 g/mol. The molecule has 0 atom stereocenters. The molecule has 2 rings (SSSR count). The lowest BCUT2D eigenvalue weighted by molar-refractivity contribution is 1.46. The minimum Gasteiger partial charge on any atom is -0.130 e. The molecule has 0 spiro atoms. The maximum absolute atomic E-state index is 3.48. The molecule has 2 aromatic rings. The molecule has 0 radical (unpaired) electrons. The van der Waals surface area contributed by atoms with Crippen LogP contribution in [0.5, 0.6) is 0 Å². The van der Waals surface area contributed by atoms with Crippen molar-refractivity contribution in [1.29, 1.82) is 0 Å². The van der Waals surface area contributed by atoms with Crippen LogP contribution in [0.4, 0.5) is 0 Å². The van der Waals surface area contributed by atoms with E-state index in [0.29, 0.717) is 0 Å². The zero-order chi connectivity index (χ0) is 10.7. The van der Waals surface area contributed by atoms with Crippen LogP contribution < -0.4 is 0 Å². The lowest BCUT2D eigenvalue weighted by atomic mass is 10.1. The van der Waals surface area contributed by atoms with Gasteiger partial charge in [0.1, 0.15) is 0 Å². The normalized spacial score (nSPS) is 10.3. The number of hydrogen-bond donors (Lipinski definition) is 0. The predicted molar refractivity (Wildman–Crippen MR) is 71.4 cm³/mol. The van der Waals surface area contributed by atoms with Crippen molar-refractivity contribution in [2.75, 3.05) is 6.26 Å². The number of hydrogen-bond acceptors (Lipinski definition) is 1. The Morgan fingerprint density at radius 1 is 0.933 bits per heavy atom. The van der Waals surface area contributed by atoms with E-state index in [1.807, 2.05) is 6.07 Å². The Morgan fingerprint density at radius 3 is 2.27 bits per heavy atom. The summed E-state index contributed by atoms with van der Waals surface area (Å²) < 4.78 is 1.12. The van der Waals surface area contributed by atoms with E-state index in [9.17, 15) is 0 Å². The molecule has 0 saturated heterocycles. The van der Waals surface area contributed by atoms with E-state index in [1.54, 1.807) is 11.8 Å². The third-order valence-electron chi connectivity index (χ3n) is 2.25. The van der Waals surface area contributed by atoms with Gasteiger partial charge in [0.15, 0.2) is 0 Å². The van der Waals surface area contributed by atoms with Gasteiger partial charge in [-0.25, -0.2) is 0 Å². The summed E-state index contributed by atoms with van der Waals surface area (Å²) in [7, 11) is 0. The molecule has 2 aromatic carbocycles. The molecule has 0 aromatic heterocycles. The SMILES string of the molecule is CSc1ccc(-c2cccc(Br)c2)cc1. The molecule has 0 heterocycles. The van der Waals surface area contributed by atoms with Gasteiger partial charge in [0, 0.05) is 9.37 Å². The van der Waals surface area contributed by atoms with Gasteiger partial charge in [-0.15, -0.1) is 11.8 Å². The number of halogens is 1. The van der Waals surface area contributed by atoms with Gasteiger partial charge in [0.2, 0.25) is 0 Å². The predicted octanol–water partition coefficient (Wildman–Crippen LogP) is 4.84. The summed E-state index contributed by atoms with van der Waals surface area (Å²) >= 11 is 5.25. The monoisotopic (exact) mass is 278 g/mol. The highest BCUT2D eigenvalue weighted by Crippen LogP contribution is 2.25. The summed E-state index contributed by atoms with van der Waals surface area (Å²) in [5.74, 6) is 0. The molecule has 0 N–H and O–H groups in total. The van der Waals surface area contributed by atoms with Gasteiger partial charge in [0.05, 0.1) is 0 Å². The van der Waals surface area contributed by atoms with Gasteiger partial charge in [-0.2, -0.15) is 0 Å². The Labute approximate surface area is 103 Å². The van der Waals surface area contributed by atoms with Crippen LogP contribution in [0.25, 0.3) is 11.1 Å². The standard InChI is InChI=1S/C13H11BrS/c1-15-13-7-5-10(6-8-13)11-3-2-4-12(14)9-11/h2-9H,1H3. The van der Waals surface area contributed by atoms with Crippen molar-refractivity contribution in [3.05, 3.63) is 53.0 Å². The van der Waals surface area contributed by atoms with Gasteiger partial charge in [-0.05, 0) is 41.6 Å². The fourth-order valence-electron chi connectivity index (χ4n) is 1.45. The molecule has 0 aliphatic carbocycles. The van der Waals surface area contributed by atoms with E-state index in [0.717, 1.165) is 4.47 Å². The van der Waals surface area contributed by atoms with Crippen LogP contribution in [-0.2, 0) is 0 Å². The van der Waals surface area contributed by atoms with Crippen molar-refractivity contribution in [2.24, 2.45) is 0 Å². The summed E-state index contributed by atoms with van der Waals surface area (Å²) in [6.07, 6.45) is 2.09. The molecule has 0 bridgehead atoms. The fraction of sp³-hybridized carbons (Fsp3) is 0.0769. The Morgan fingerprint density at radius 2 is 1.67 bits per heavy atom. The van der Waals surface area contributed by atoms with Crippen molar-refractivity contribution >= 4 is 27.7 Å². The van der Waals surface area contributed by atoms with Crippen LogP contribution in [-0.4, -0.2) is 6.26 Å². The third-order valence-corrected chi connectivity index (χ3v) is 3.48. The first-order valence-corrected chi connectivity index (χ1v) is 6.71. The molecule has 0 aliphatic heterocycles. The quantitative estimate of drug-likeness (QED) is 0.709. The maximum atomic E-state index is 3.48. The number of benzene rings is 2. The van der Waals surface area contributed by atoms with Crippen molar-refractivity contribution in [3.63, 3.8) is 0 Å². The lowest BCUT2D eigenvalue weighted by Gasteiger charge is -2.03. The number of rotatable bonds is 2. The van der Waals surface area contributed by atoms with Crippen LogP contribution in [0, 0.1) is 0 Å². The van der Waals surface area contributed by atoms with E-state index >= 15 is 0 Å². The lowest BCUT2D eigenvalue weighted by Crippen LogP contribution is -1.77. The summed E-state index contributed by atoms with van der Waals surface area (Å²) in [4.78, 5) is 1.30. The molecule has 0 amide bonds. The second-order valence-electron chi connectivity index (χ2n) is 3.24. The third kappa shape index (κ3) is 2.64. The average molecular weight is 279 g/mol. The summed E-state index contributed by atoms with van der Waals surface area (Å²) in [6, 6.07) is 17.0. The van der Waals surface area contributed by atoms with Crippen LogP contribution in [0.3, 0.4) is 0 Å².